The van der Waals surface area contributed by atoms with Crippen molar-refractivity contribution >= 4 is 17.2 Å². The summed E-state index contributed by atoms with van der Waals surface area (Å²) in [6, 6.07) is 2.04. The second-order valence-corrected chi connectivity index (χ2v) is 7.54. The minimum atomic E-state index is -0.549. The summed E-state index contributed by atoms with van der Waals surface area (Å²) in [6.45, 7) is 5.86. The van der Waals surface area contributed by atoms with Crippen LogP contribution in [0.5, 0.6) is 0 Å². The maximum Gasteiger partial charge on any atom is 0.262 e. The van der Waals surface area contributed by atoms with Crippen molar-refractivity contribution in [2.75, 3.05) is 13.6 Å². The van der Waals surface area contributed by atoms with Crippen molar-refractivity contribution in [2.45, 2.75) is 32.4 Å². The van der Waals surface area contributed by atoms with Gasteiger partial charge in [0.1, 0.15) is 5.69 Å². The Morgan fingerprint density at radius 1 is 1.41 bits per heavy atom. The smallest absolute Gasteiger partial charge is 0.262 e. The number of aromatic nitrogens is 3. The molecule has 0 unspecified atom stereocenters. The number of carbonyl (C=O) groups is 1. The third-order valence-electron chi connectivity index (χ3n) is 3.97. The van der Waals surface area contributed by atoms with E-state index in [4.69, 9.17) is 0 Å². The van der Waals surface area contributed by atoms with Crippen LogP contribution in [0.25, 0.3) is 0 Å². The molecule has 0 atom stereocenters. The molecule has 3 heterocycles. The molecule has 2 aromatic rings. The predicted molar refractivity (Wildman–Crippen MR) is 85.9 cm³/mol. The average molecular weight is 319 g/mol. The molecule has 1 amide bonds. The molecule has 0 aliphatic carbocycles. The van der Waals surface area contributed by atoms with Gasteiger partial charge in [0.25, 0.3) is 5.91 Å². The average Bonchev–Trinajstić information content (AvgIpc) is 3.04. The largest absolute Gasteiger partial charge is 0.341 e. The zero-order chi connectivity index (χ0) is 15.9. The third kappa shape index (κ3) is 2.91. The van der Waals surface area contributed by atoms with E-state index in [-0.39, 0.29) is 5.91 Å². The van der Waals surface area contributed by atoms with Crippen molar-refractivity contribution in [3.8, 4) is 0 Å². The molecule has 2 aromatic heterocycles. The second-order valence-electron chi connectivity index (χ2n) is 6.40. The molecule has 0 saturated heterocycles. The molecule has 0 bridgehead atoms. The minimum Gasteiger partial charge on any atom is -0.341 e. The Bertz CT molecular complexity index is 703. The van der Waals surface area contributed by atoms with E-state index in [0.717, 1.165) is 30.1 Å². The Balaban J connectivity index is 1.77. The van der Waals surface area contributed by atoms with Crippen molar-refractivity contribution < 1.29 is 4.79 Å². The van der Waals surface area contributed by atoms with Gasteiger partial charge in [-0.25, -0.2) is 0 Å². The molecule has 0 saturated carbocycles. The lowest BCUT2D eigenvalue weighted by Crippen LogP contribution is -2.41. The van der Waals surface area contributed by atoms with Gasteiger partial charge in [0.05, 0.1) is 16.6 Å². The van der Waals surface area contributed by atoms with Gasteiger partial charge in [0, 0.05) is 25.0 Å². The van der Waals surface area contributed by atoms with E-state index in [1.54, 1.807) is 16.0 Å². The number of rotatable bonds is 3. The Hall–Kier alpha value is -1.73. The van der Waals surface area contributed by atoms with Crippen LogP contribution in [0.1, 0.15) is 39.7 Å². The molecule has 7 heteroatoms. The molecule has 0 fully saturated rings. The van der Waals surface area contributed by atoms with Gasteiger partial charge in [-0.15, -0.1) is 16.4 Å². The number of aryl methyl sites for hydroxylation is 1. The fraction of sp³-hybridized carbons (Fsp3) is 0.533. The molecule has 0 aromatic carbocycles. The summed E-state index contributed by atoms with van der Waals surface area (Å²) in [5, 5.41) is 11.1. The lowest BCUT2D eigenvalue weighted by molar-refractivity contribution is 0.0914. The summed E-state index contributed by atoms with van der Waals surface area (Å²) in [7, 11) is 3.93. The van der Waals surface area contributed by atoms with Crippen molar-refractivity contribution in [2.24, 2.45) is 7.05 Å². The summed E-state index contributed by atoms with van der Waals surface area (Å²) in [6.07, 6.45) is 2.85. The minimum absolute atomic E-state index is 0.0438. The molecule has 1 aliphatic heterocycles. The standard InChI is InChI=1S/C15H21N5OS/c1-15(2,13-9-20(4)18-17-13)16-14(21)11-7-10-5-6-19(3)8-12(10)22-11/h7,9H,5-6,8H2,1-4H3,(H,16,21). The number of hydrogen-bond donors (Lipinski definition) is 1. The normalized spacial score (nSPS) is 15.6. The first-order chi connectivity index (χ1) is 10.3. The van der Waals surface area contributed by atoms with E-state index in [1.165, 1.54) is 10.4 Å². The highest BCUT2D eigenvalue weighted by atomic mass is 32.1. The van der Waals surface area contributed by atoms with Gasteiger partial charge in [-0.05, 0) is 38.9 Å². The lowest BCUT2D eigenvalue weighted by Gasteiger charge is -2.23. The number of nitrogens with one attached hydrogen (secondary N) is 1. The second kappa shape index (κ2) is 5.48. The van der Waals surface area contributed by atoms with Crippen molar-refractivity contribution in [1.29, 1.82) is 0 Å². The maximum absolute atomic E-state index is 12.6. The van der Waals surface area contributed by atoms with Gasteiger partial charge >= 0.3 is 0 Å². The van der Waals surface area contributed by atoms with E-state index in [0.29, 0.717) is 0 Å². The summed E-state index contributed by atoms with van der Waals surface area (Å²) in [5.74, 6) is -0.0438. The quantitative estimate of drug-likeness (QED) is 0.932. The van der Waals surface area contributed by atoms with Gasteiger partial charge in [-0.2, -0.15) is 0 Å². The highest BCUT2D eigenvalue weighted by Gasteiger charge is 2.28. The van der Waals surface area contributed by atoms with Crippen LogP contribution >= 0.6 is 11.3 Å². The van der Waals surface area contributed by atoms with Crippen molar-refractivity contribution in [3.63, 3.8) is 0 Å². The SMILES string of the molecule is CN1CCc2cc(C(=O)NC(C)(C)c3cn(C)nn3)sc2C1. The van der Waals surface area contributed by atoms with Crippen LogP contribution in [0.2, 0.25) is 0 Å². The van der Waals surface area contributed by atoms with Crippen LogP contribution in [0.4, 0.5) is 0 Å². The molecule has 1 aliphatic rings. The van der Waals surface area contributed by atoms with Crippen LogP contribution < -0.4 is 5.32 Å². The van der Waals surface area contributed by atoms with E-state index in [1.807, 2.05) is 33.2 Å². The number of amides is 1. The van der Waals surface area contributed by atoms with Crippen LogP contribution in [0.15, 0.2) is 12.3 Å². The molecule has 6 nitrogen and oxygen atoms in total. The predicted octanol–water partition coefficient (Wildman–Crippen LogP) is 1.53. The Kier molecular flexibility index (Phi) is 3.78. The molecule has 118 valence electrons. The number of hydrogen-bond acceptors (Lipinski definition) is 5. The van der Waals surface area contributed by atoms with Gasteiger partial charge in [0.2, 0.25) is 0 Å². The zero-order valence-electron chi connectivity index (χ0n) is 13.4. The highest BCUT2D eigenvalue weighted by molar-refractivity contribution is 7.14. The number of nitrogens with zero attached hydrogens (tertiary/aromatic N) is 4. The summed E-state index contributed by atoms with van der Waals surface area (Å²) in [5.41, 5.74) is 1.52. The van der Waals surface area contributed by atoms with Crippen LogP contribution in [-0.2, 0) is 25.6 Å². The lowest BCUT2D eigenvalue weighted by atomic mass is 10.0. The third-order valence-corrected chi connectivity index (χ3v) is 5.13. The molecule has 22 heavy (non-hydrogen) atoms. The van der Waals surface area contributed by atoms with Crippen molar-refractivity contribution in [1.82, 2.24) is 25.2 Å². The molecule has 1 N–H and O–H groups in total. The number of carbonyl (C=O) groups excluding carboxylic acids is 1. The fourth-order valence-electron chi connectivity index (χ4n) is 2.60. The Morgan fingerprint density at radius 3 is 2.86 bits per heavy atom. The van der Waals surface area contributed by atoms with Gasteiger partial charge in [-0.1, -0.05) is 5.21 Å². The van der Waals surface area contributed by atoms with Crippen molar-refractivity contribution in [3.05, 3.63) is 33.3 Å². The molecule has 3 rings (SSSR count). The topological polar surface area (TPSA) is 63.1 Å². The summed E-state index contributed by atoms with van der Waals surface area (Å²) < 4.78 is 1.64. The maximum atomic E-state index is 12.6. The number of fused-ring (bicyclic) bond motifs is 1. The monoisotopic (exact) mass is 319 g/mol. The fourth-order valence-corrected chi connectivity index (χ4v) is 3.79. The van der Waals surface area contributed by atoms with Gasteiger partial charge < -0.3 is 10.2 Å². The van der Waals surface area contributed by atoms with Gasteiger partial charge in [0.15, 0.2) is 0 Å². The summed E-state index contributed by atoms with van der Waals surface area (Å²) >= 11 is 1.59. The van der Waals surface area contributed by atoms with Crippen LogP contribution in [-0.4, -0.2) is 39.4 Å². The number of thiophene rings is 1. The van der Waals surface area contributed by atoms with Crippen LogP contribution in [0.3, 0.4) is 0 Å². The van der Waals surface area contributed by atoms with E-state index in [2.05, 4.69) is 27.6 Å². The van der Waals surface area contributed by atoms with Crippen LogP contribution in [0, 0.1) is 0 Å². The molecule has 0 spiro atoms. The van der Waals surface area contributed by atoms with E-state index < -0.39 is 5.54 Å². The molecular weight excluding hydrogens is 298 g/mol. The first kappa shape index (κ1) is 15.2. The van der Waals surface area contributed by atoms with E-state index in [9.17, 15) is 4.79 Å². The zero-order valence-corrected chi connectivity index (χ0v) is 14.2. The Morgan fingerprint density at radius 2 is 2.18 bits per heavy atom. The first-order valence-corrected chi connectivity index (χ1v) is 8.16. The molecular formula is C15H21N5OS. The highest BCUT2D eigenvalue weighted by Crippen LogP contribution is 2.28. The first-order valence-electron chi connectivity index (χ1n) is 7.34. The van der Waals surface area contributed by atoms with E-state index >= 15 is 0 Å². The molecule has 0 radical (unpaired) electrons. The van der Waals surface area contributed by atoms with Gasteiger partial charge in [-0.3, -0.25) is 9.48 Å². The Labute approximate surface area is 134 Å². The number of likely N-dealkylation sites (N-methyl/N-ethyl adjacent to an activating group) is 1. The summed E-state index contributed by atoms with van der Waals surface area (Å²) in [4.78, 5) is 16.9.